The Hall–Kier alpha value is -1.45. The van der Waals surface area contributed by atoms with E-state index in [2.05, 4.69) is 16.4 Å². The van der Waals surface area contributed by atoms with Gasteiger partial charge in [-0.2, -0.15) is 0 Å². The average Bonchev–Trinajstić information content (AvgIpc) is 2.86. The Labute approximate surface area is 205 Å². The average molecular weight is 497 g/mol. The van der Waals surface area contributed by atoms with Gasteiger partial charge in [0.05, 0.1) is 30.6 Å². The molecule has 12 heteroatoms. The second-order valence-corrected chi connectivity index (χ2v) is 9.79. The second-order valence-electron chi connectivity index (χ2n) is 9.79. The molecule has 2 aliphatic carbocycles. The van der Waals surface area contributed by atoms with E-state index in [1.54, 1.807) is 0 Å². The van der Waals surface area contributed by atoms with Gasteiger partial charge < -0.3 is 57.8 Å². The van der Waals surface area contributed by atoms with E-state index in [0.717, 1.165) is 18.5 Å². The van der Waals surface area contributed by atoms with Crippen LogP contribution in [0.1, 0.15) is 30.5 Å². The van der Waals surface area contributed by atoms with Crippen molar-refractivity contribution in [3.8, 4) is 0 Å². The number of aryl methyl sites for hydroxylation is 2. The van der Waals surface area contributed by atoms with Gasteiger partial charge in [0.1, 0.15) is 30.5 Å². The van der Waals surface area contributed by atoms with Crippen molar-refractivity contribution >= 4 is 5.69 Å². The summed E-state index contributed by atoms with van der Waals surface area (Å²) in [6.07, 6.45) is -0.568. The highest BCUT2D eigenvalue weighted by Crippen LogP contribution is 2.28. The van der Waals surface area contributed by atoms with Gasteiger partial charge in [0.2, 0.25) is 0 Å². The normalized spacial score (nSPS) is 39.7. The van der Waals surface area contributed by atoms with Crippen LogP contribution in [0.3, 0.4) is 0 Å². The Morgan fingerprint density at radius 1 is 1.03 bits per heavy atom. The quantitative estimate of drug-likeness (QED) is 0.172. The SMILES string of the molecule is NC[C@H]1O[C@H](O[C@H]2[C@H](OCCNc3cnc4c(c3)CCCC4)[C@@H](O)[C@H](N)C[C@@H]2N)[C@H](N)[C@@H](O)[C@@H]1O. The zero-order valence-corrected chi connectivity index (χ0v) is 19.9. The van der Waals surface area contributed by atoms with E-state index in [1.807, 2.05) is 6.20 Å². The minimum Gasteiger partial charge on any atom is -0.389 e. The molecule has 3 aliphatic rings. The molecule has 35 heavy (non-hydrogen) atoms. The topological polar surface area (TPSA) is 217 Å². The molecular weight excluding hydrogens is 456 g/mol. The van der Waals surface area contributed by atoms with E-state index in [-0.39, 0.29) is 13.2 Å². The number of nitrogens with zero attached hydrogens (tertiary/aromatic N) is 1. The van der Waals surface area contributed by atoms with Gasteiger partial charge in [-0.25, -0.2) is 0 Å². The maximum Gasteiger partial charge on any atom is 0.176 e. The molecular formula is C23H40N6O6. The van der Waals surface area contributed by atoms with Crippen molar-refractivity contribution in [2.75, 3.05) is 25.0 Å². The van der Waals surface area contributed by atoms with Crippen molar-refractivity contribution in [2.24, 2.45) is 22.9 Å². The van der Waals surface area contributed by atoms with Crippen LogP contribution in [0, 0.1) is 0 Å². The summed E-state index contributed by atoms with van der Waals surface area (Å²) in [7, 11) is 0. The van der Waals surface area contributed by atoms with Crippen LogP contribution in [0.25, 0.3) is 0 Å². The summed E-state index contributed by atoms with van der Waals surface area (Å²) in [6, 6.07) is -0.0546. The molecule has 0 unspecified atom stereocenters. The zero-order chi connectivity index (χ0) is 25.1. The smallest absolute Gasteiger partial charge is 0.176 e. The number of aliphatic hydroxyl groups excluding tert-OH is 3. The highest BCUT2D eigenvalue weighted by molar-refractivity contribution is 5.45. The highest BCUT2D eigenvalue weighted by Gasteiger charge is 2.48. The van der Waals surface area contributed by atoms with Crippen LogP contribution in [-0.2, 0) is 27.1 Å². The maximum atomic E-state index is 10.8. The standard InChI is InChI=1S/C23H40N6O6/c24-9-16-19(31)20(32)17(27)23(34-16)35-21-14(26)8-13(25)18(30)22(21)33-6-5-28-12-7-11-3-1-2-4-15(11)29-10-12/h7,10,13-14,16-23,28,30-32H,1-6,8-9,24-27H2/t13-,14+,16-,17-,18+,19-,20-,21-,22-,23-/m1/s1. The van der Waals surface area contributed by atoms with Crippen molar-refractivity contribution in [1.82, 2.24) is 4.98 Å². The Morgan fingerprint density at radius 3 is 2.57 bits per heavy atom. The van der Waals surface area contributed by atoms with Gasteiger partial charge in [-0.1, -0.05) is 0 Å². The highest BCUT2D eigenvalue weighted by atomic mass is 16.7. The Bertz CT molecular complexity index is 834. The number of aromatic nitrogens is 1. The van der Waals surface area contributed by atoms with Gasteiger partial charge >= 0.3 is 0 Å². The third-order valence-corrected chi connectivity index (χ3v) is 7.25. The van der Waals surface area contributed by atoms with E-state index in [4.69, 9.17) is 37.1 Å². The van der Waals surface area contributed by atoms with Crippen LogP contribution in [0.4, 0.5) is 5.69 Å². The molecule has 0 bridgehead atoms. The molecule has 198 valence electrons. The molecule has 0 radical (unpaired) electrons. The predicted octanol–water partition coefficient (Wildman–Crippen LogP) is -2.71. The van der Waals surface area contributed by atoms with Gasteiger partial charge in [0.15, 0.2) is 6.29 Å². The molecule has 0 amide bonds. The maximum absolute atomic E-state index is 10.8. The number of rotatable bonds is 8. The molecule has 1 saturated heterocycles. The lowest BCUT2D eigenvalue weighted by Gasteiger charge is -2.46. The molecule has 12 N–H and O–H groups in total. The first-order valence-electron chi connectivity index (χ1n) is 12.4. The fourth-order valence-electron chi connectivity index (χ4n) is 5.14. The summed E-state index contributed by atoms with van der Waals surface area (Å²) in [5, 5.41) is 34.5. The van der Waals surface area contributed by atoms with Crippen molar-refractivity contribution in [3.05, 3.63) is 23.5 Å². The molecule has 2 fully saturated rings. The summed E-state index contributed by atoms with van der Waals surface area (Å²) >= 11 is 0. The van der Waals surface area contributed by atoms with Crippen molar-refractivity contribution in [2.45, 2.75) is 93.1 Å². The number of nitrogens with two attached hydrogens (primary N) is 4. The largest absolute Gasteiger partial charge is 0.389 e. The van der Waals surface area contributed by atoms with E-state index >= 15 is 0 Å². The number of aliphatic hydroxyl groups is 3. The van der Waals surface area contributed by atoms with Crippen molar-refractivity contribution in [1.29, 1.82) is 0 Å². The third-order valence-electron chi connectivity index (χ3n) is 7.25. The van der Waals surface area contributed by atoms with E-state index in [1.165, 1.54) is 24.1 Å². The first-order valence-corrected chi connectivity index (χ1v) is 12.4. The van der Waals surface area contributed by atoms with E-state index < -0.39 is 61.0 Å². The molecule has 0 aromatic carbocycles. The van der Waals surface area contributed by atoms with Gasteiger partial charge in [-0.05, 0) is 43.7 Å². The number of ether oxygens (including phenoxy) is 3. The molecule has 1 aromatic rings. The summed E-state index contributed by atoms with van der Waals surface area (Å²) < 4.78 is 17.8. The minimum atomic E-state index is -1.29. The van der Waals surface area contributed by atoms with Crippen LogP contribution in [-0.4, -0.2) is 101 Å². The molecule has 0 spiro atoms. The molecule has 12 nitrogen and oxygen atoms in total. The summed E-state index contributed by atoms with van der Waals surface area (Å²) in [5.74, 6) is 0. The fraction of sp³-hybridized carbons (Fsp3) is 0.783. The number of hydrogen-bond acceptors (Lipinski definition) is 12. The number of fused-ring (bicyclic) bond motifs is 1. The molecule has 4 rings (SSSR count). The second kappa shape index (κ2) is 11.7. The first-order chi connectivity index (χ1) is 16.8. The summed E-state index contributed by atoms with van der Waals surface area (Å²) in [6.45, 7) is 0.696. The summed E-state index contributed by atoms with van der Waals surface area (Å²) in [4.78, 5) is 4.56. The van der Waals surface area contributed by atoms with Crippen molar-refractivity contribution in [3.63, 3.8) is 0 Å². The lowest BCUT2D eigenvalue weighted by atomic mass is 9.84. The molecule has 1 saturated carbocycles. The van der Waals surface area contributed by atoms with Gasteiger partial charge in [-0.3, -0.25) is 4.98 Å². The van der Waals surface area contributed by atoms with E-state index in [0.29, 0.717) is 13.0 Å². The zero-order valence-electron chi connectivity index (χ0n) is 19.9. The number of pyridine rings is 1. The van der Waals surface area contributed by atoms with Gasteiger partial charge in [0, 0.05) is 30.9 Å². The van der Waals surface area contributed by atoms with Crippen molar-refractivity contribution < 1.29 is 29.5 Å². The molecule has 1 aliphatic heterocycles. The number of anilines is 1. The molecule has 10 atom stereocenters. The predicted molar refractivity (Wildman–Crippen MR) is 128 cm³/mol. The Balaban J connectivity index is 1.37. The number of nitrogens with one attached hydrogen (secondary N) is 1. The lowest BCUT2D eigenvalue weighted by molar-refractivity contribution is -0.290. The van der Waals surface area contributed by atoms with Crippen LogP contribution in [0.15, 0.2) is 12.3 Å². The Morgan fingerprint density at radius 2 is 1.80 bits per heavy atom. The van der Waals surface area contributed by atoms with Crippen LogP contribution >= 0.6 is 0 Å². The Kier molecular flexibility index (Phi) is 8.92. The summed E-state index contributed by atoms with van der Waals surface area (Å²) in [5.41, 5.74) is 27.5. The van der Waals surface area contributed by atoms with Crippen LogP contribution in [0.5, 0.6) is 0 Å². The lowest BCUT2D eigenvalue weighted by Crippen LogP contribution is -2.67. The van der Waals surface area contributed by atoms with Crippen LogP contribution in [0.2, 0.25) is 0 Å². The minimum absolute atomic E-state index is 0.0296. The monoisotopic (exact) mass is 496 g/mol. The number of hydrogen-bond donors (Lipinski definition) is 8. The van der Waals surface area contributed by atoms with Crippen LogP contribution < -0.4 is 28.3 Å². The molecule has 1 aromatic heterocycles. The first kappa shape index (κ1) is 26.6. The third kappa shape index (κ3) is 5.93. The van der Waals surface area contributed by atoms with Gasteiger partial charge in [-0.15, -0.1) is 0 Å². The molecule has 2 heterocycles. The van der Waals surface area contributed by atoms with Gasteiger partial charge in [0.25, 0.3) is 0 Å². The van der Waals surface area contributed by atoms with E-state index in [9.17, 15) is 15.3 Å². The fourth-order valence-corrected chi connectivity index (χ4v) is 5.14.